The number of hydrogen-bond acceptors (Lipinski definition) is 5. The second-order valence-electron chi connectivity index (χ2n) is 6.12. The number of benzene rings is 1. The van der Waals surface area contributed by atoms with Gasteiger partial charge in [-0.05, 0) is 35.9 Å². The van der Waals surface area contributed by atoms with Crippen molar-refractivity contribution in [2.75, 3.05) is 31.3 Å². The number of nitrogens with zero attached hydrogens (tertiary/aromatic N) is 3. The van der Waals surface area contributed by atoms with Crippen molar-refractivity contribution in [3.63, 3.8) is 0 Å². The van der Waals surface area contributed by atoms with Gasteiger partial charge < -0.3 is 16.1 Å². The topological polar surface area (TPSA) is 92.6 Å². The quantitative estimate of drug-likeness (QED) is 0.226. The van der Waals surface area contributed by atoms with Gasteiger partial charge in [0.15, 0.2) is 0 Å². The fourth-order valence-electron chi connectivity index (χ4n) is 2.44. The fourth-order valence-corrected chi connectivity index (χ4v) is 2.44. The van der Waals surface area contributed by atoms with Gasteiger partial charge in [0.25, 0.3) is 0 Å². The van der Waals surface area contributed by atoms with Crippen LogP contribution in [0.2, 0.25) is 0 Å². The zero-order chi connectivity index (χ0) is 20.5. The standard InChI is InChI=1S/C21H25FN6/c1-4-5-6-17(22)11-12-25-21(27-24)19-13-16(14-26-20(19)23)15-7-9-18(10-8-15)28(2)3/h4-11,13-14H,1,12,24H2,2-3H3,(H2,23,26)(H,25,27)/b6-5-,17-11+. The number of allylic oxidation sites excluding steroid dienone is 4. The first kappa shape index (κ1) is 20.9. The lowest BCUT2D eigenvalue weighted by Gasteiger charge is -2.13. The largest absolute Gasteiger partial charge is 0.383 e. The zero-order valence-electron chi connectivity index (χ0n) is 16.1. The van der Waals surface area contributed by atoms with Crippen LogP contribution < -0.4 is 21.9 Å². The van der Waals surface area contributed by atoms with Crippen LogP contribution in [-0.2, 0) is 0 Å². The molecule has 146 valence electrons. The summed E-state index contributed by atoms with van der Waals surface area (Å²) >= 11 is 0. The van der Waals surface area contributed by atoms with Crippen LogP contribution in [0.15, 0.2) is 78.2 Å². The van der Waals surface area contributed by atoms with E-state index in [1.54, 1.807) is 6.20 Å². The van der Waals surface area contributed by atoms with Crippen molar-refractivity contribution in [2.45, 2.75) is 0 Å². The van der Waals surface area contributed by atoms with Gasteiger partial charge in [-0.2, -0.15) is 0 Å². The minimum atomic E-state index is -0.416. The van der Waals surface area contributed by atoms with Gasteiger partial charge in [0.05, 0.1) is 12.1 Å². The SMILES string of the molecule is C=C/C=C\C(F)=C/CN=C(NN)c1cc(-c2ccc(N(C)C)cc2)cnc1N. The molecule has 0 atom stereocenters. The highest BCUT2D eigenvalue weighted by atomic mass is 19.1. The number of aliphatic imine (C=N–C) groups is 1. The number of nitrogens with one attached hydrogen (secondary N) is 1. The van der Waals surface area contributed by atoms with E-state index in [1.165, 1.54) is 24.3 Å². The molecule has 2 aromatic rings. The summed E-state index contributed by atoms with van der Waals surface area (Å²) in [5.74, 6) is 5.79. The summed E-state index contributed by atoms with van der Waals surface area (Å²) in [5.41, 5.74) is 12.0. The number of aromatic nitrogens is 1. The Labute approximate surface area is 164 Å². The van der Waals surface area contributed by atoms with Crippen molar-refractivity contribution in [3.8, 4) is 11.1 Å². The van der Waals surface area contributed by atoms with Crippen LogP contribution in [0.1, 0.15) is 5.56 Å². The molecule has 0 unspecified atom stereocenters. The van der Waals surface area contributed by atoms with Crippen molar-refractivity contribution in [1.29, 1.82) is 0 Å². The molecule has 0 aliphatic carbocycles. The van der Waals surface area contributed by atoms with Crippen molar-refractivity contribution in [2.24, 2.45) is 10.8 Å². The first-order valence-corrected chi connectivity index (χ1v) is 8.65. The molecule has 2 rings (SSSR count). The highest BCUT2D eigenvalue weighted by Crippen LogP contribution is 2.24. The summed E-state index contributed by atoms with van der Waals surface area (Å²) in [6.07, 6.45) is 7.31. The first-order chi connectivity index (χ1) is 13.5. The number of rotatable bonds is 7. The highest BCUT2D eigenvalue weighted by molar-refractivity contribution is 6.03. The molecule has 6 nitrogen and oxygen atoms in total. The molecule has 5 N–H and O–H groups in total. The summed E-state index contributed by atoms with van der Waals surface area (Å²) in [6.45, 7) is 3.58. The number of anilines is 2. The monoisotopic (exact) mass is 380 g/mol. The number of halogens is 1. The average Bonchev–Trinajstić information content (AvgIpc) is 2.70. The van der Waals surface area contributed by atoms with Crippen LogP contribution in [0.5, 0.6) is 0 Å². The number of nitrogens with two attached hydrogens (primary N) is 2. The van der Waals surface area contributed by atoms with Gasteiger partial charge in [0.1, 0.15) is 17.5 Å². The van der Waals surface area contributed by atoms with E-state index < -0.39 is 5.83 Å². The second-order valence-corrected chi connectivity index (χ2v) is 6.12. The number of nitrogen functional groups attached to an aromatic ring is 1. The van der Waals surface area contributed by atoms with Gasteiger partial charge in [-0.25, -0.2) is 15.2 Å². The molecule has 0 saturated heterocycles. The van der Waals surface area contributed by atoms with Crippen molar-refractivity contribution >= 4 is 17.3 Å². The second kappa shape index (κ2) is 10.0. The highest BCUT2D eigenvalue weighted by Gasteiger charge is 2.10. The van der Waals surface area contributed by atoms with Gasteiger partial charge in [-0.15, -0.1) is 0 Å². The molecule has 0 radical (unpaired) electrons. The minimum Gasteiger partial charge on any atom is -0.383 e. The molecule has 1 aromatic heterocycles. The molecule has 1 aromatic carbocycles. The van der Waals surface area contributed by atoms with Crippen molar-refractivity contribution in [1.82, 2.24) is 10.4 Å². The molecule has 0 aliphatic rings. The summed E-state index contributed by atoms with van der Waals surface area (Å²) in [5, 5.41) is 0. The average molecular weight is 380 g/mol. The van der Waals surface area contributed by atoms with E-state index in [2.05, 4.69) is 22.0 Å². The molecule has 28 heavy (non-hydrogen) atoms. The molecule has 0 amide bonds. The maximum absolute atomic E-state index is 13.6. The van der Waals surface area contributed by atoms with Crippen LogP contribution >= 0.6 is 0 Å². The lowest BCUT2D eigenvalue weighted by atomic mass is 10.0. The molecule has 1 heterocycles. The van der Waals surface area contributed by atoms with Gasteiger partial charge in [0.2, 0.25) is 0 Å². The third-order valence-corrected chi connectivity index (χ3v) is 3.95. The predicted molar refractivity (Wildman–Crippen MR) is 116 cm³/mol. The molecule has 0 aliphatic heterocycles. The van der Waals surface area contributed by atoms with Crippen LogP contribution in [0.3, 0.4) is 0 Å². The molecule has 0 saturated carbocycles. The van der Waals surface area contributed by atoms with Gasteiger partial charge in [-0.1, -0.05) is 30.9 Å². The first-order valence-electron chi connectivity index (χ1n) is 8.65. The van der Waals surface area contributed by atoms with E-state index in [0.717, 1.165) is 16.8 Å². The lowest BCUT2D eigenvalue weighted by Crippen LogP contribution is -2.32. The Hall–Kier alpha value is -3.45. The fraction of sp³-hybridized carbons (Fsp3) is 0.143. The Bertz CT molecular complexity index is 898. The van der Waals surface area contributed by atoms with Crippen molar-refractivity contribution in [3.05, 3.63) is 78.8 Å². The zero-order valence-corrected chi connectivity index (χ0v) is 16.1. The molecule has 0 bridgehead atoms. The molecule has 7 heteroatoms. The summed E-state index contributed by atoms with van der Waals surface area (Å²) < 4.78 is 13.6. The van der Waals surface area contributed by atoms with E-state index in [9.17, 15) is 4.39 Å². The molecular formula is C21H25FN6. The van der Waals surface area contributed by atoms with E-state index >= 15 is 0 Å². The Morgan fingerprint density at radius 2 is 2.00 bits per heavy atom. The molecular weight excluding hydrogens is 355 g/mol. The van der Waals surface area contributed by atoms with E-state index in [0.29, 0.717) is 11.4 Å². The van der Waals surface area contributed by atoms with Crippen molar-refractivity contribution < 1.29 is 4.39 Å². The number of amidine groups is 1. The minimum absolute atomic E-state index is 0.0913. The molecule has 0 fully saturated rings. The smallest absolute Gasteiger partial charge is 0.146 e. The number of pyridine rings is 1. The van der Waals surface area contributed by atoms with E-state index in [4.69, 9.17) is 11.6 Å². The summed E-state index contributed by atoms with van der Waals surface area (Å²) in [6, 6.07) is 9.90. The summed E-state index contributed by atoms with van der Waals surface area (Å²) in [7, 11) is 3.97. The molecule has 0 spiro atoms. The maximum Gasteiger partial charge on any atom is 0.146 e. The van der Waals surface area contributed by atoms with Gasteiger partial charge >= 0.3 is 0 Å². The van der Waals surface area contributed by atoms with E-state index in [1.807, 2.05) is 49.3 Å². The lowest BCUT2D eigenvalue weighted by molar-refractivity contribution is 0.663. The summed E-state index contributed by atoms with van der Waals surface area (Å²) in [4.78, 5) is 10.5. The van der Waals surface area contributed by atoms with E-state index in [-0.39, 0.29) is 12.4 Å². The number of hydrogen-bond donors (Lipinski definition) is 3. The van der Waals surface area contributed by atoms with Gasteiger partial charge in [-0.3, -0.25) is 4.99 Å². The maximum atomic E-state index is 13.6. The van der Waals surface area contributed by atoms with Crippen LogP contribution in [0.4, 0.5) is 15.9 Å². The third-order valence-electron chi connectivity index (χ3n) is 3.95. The van der Waals surface area contributed by atoms with Crippen LogP contribution in [0, 0.1) is 0 Å². The van der Waals surface area contributed by atoms with Crippen LogP contribution in [-0.4, -0.2) is 31.5 Å². The Morgan fingerprint density at radius 1 is 1.29 bits per heavy atom. The normalized spacial score (nSPS) is 12.3. The predicted octanol–water partition coefficient (Wildman–Crippen LogP) is 3.20. The number of hydrazine groups is 1. The van der Waals surface area contributed by atoms with Crippen LogP contribution in [0.25, 0.3) is 11.1 Å². The Kier molecular flexibility index (Phi) is 7.47. The third kappa shape index (κ3) is 5.52. The van der Waals surface area contributed by atoms with Gasteiger partial charge in [0, 0.05) is 31.5 Å². The Morgan fingerprint density at radius 3 is 2.61 bits per heavy atom. The Balaban J connectivity index is 2.30.